The molecular formula is C31H44N6O4. The number of fused-ring (bicyclic) bond motifs is 1. The third-order valence-corrected chi connectivity index (χ3v) is 9.52. The van der Waals surface area contributed by atoms with Crippen LogP contribution in [-0.4, -0.2) is 88.9 Å². The maximum Gasteiger partial charge on any atom is 0.410 e. The van der Waals surface area contributed by atoms with Crippen molar-refractivity contribution < 1.29 is 19.1 Å². The molecule has 0 bridgehead atoms. The molecule has 10 nitrogen and oxygen atoms in total. The van der Waals surface area contributed by atoms with E-state index in [2.05, 4.69) is 33.3 Å². The molecule has 41 heavy (non-hydrogen) atoms. The lowest BCUT2D eigenvalue weighted by Crippen LogP contribution is -2.61. The van der Waals surface area contributed by atoms with Crippen molar-refractivity contribution in [2.45, 2.75) is 70.8 Å². The zero-order valence-electron chi connectivity index (χ0n) is 24.9. The van der Waals surface area contributed by atoms with Crippen molar-refractivity contribution in [3.8, 4) is 0 Å². The highest BCUT2D eigenvalue weighted by Gasteiger charge is 2.46. The molecular weight excluding hydrogens is 520 g/mol. The molecule has 2 aromatic rings. The maximum atomic E-state index is 12.5. The molecule has 0 radical (unpaired) electrons. The molecule has 1 spiro atoms. The van der Waals surface area contributed by atoms with E-state index in [0.29, 0.717) is 24.2 Å². The summed E-state index contributed by atoms with van der Waals surface area (Å²) in [5, 5.41) is 8.15. The summed E-state index contributed by atoms with van der Waals surface area (Å²) >= 11 is 0. The Bertz CT molecular complexity index is 1320. The minimum Gasteiger partial charge on any atom is -0.444 e. The molecule has 1 N–H and O–H groups in total. The lowest BCUT2D eigenvalue weighted by atomic mass is 9.71. The Hall–Kier alpha value is -3.14. The molecule has 222 valence electrons. The van der Waals surface area contributed by atoms with Gasteiger partial charge in [-0.15, -0.1) is 0 Å². The van der Waals surface area contributed by atoms with Crippen molar-refractivity contribution in [2.24, 2.45) is 18.4 Å². The van der Waals surface area contributed by atoms with E-state index >= 15 is 0 Å². The third kappa shape index (κ3) is 5.80. The van der Waals surface area contributed by atoms with E-state index in [0.717, 1.165) is 68.7 Å². The summed E-state index contributed by atoms with van der Waals surface area (Å²) in [6.07, 6.45) is 5.20. The monoisotopic (exact) mass is 564 g/mol. The SMILES string of the molecule is Cn1nc(C2CCC(=O)NC2=O)c2ccc(N3CCC(CN4CC5(CCN(C(=O)OC(C)(C)C)CC5)C4)CC3)cc21. The molecule has 5 heterocycles. The highest BCUT2D eigenvalue weighted by Crippen LogP contribution is 2.42. The molecule has 6 rings (SSSR count). The Labute approximate surface area is 242 Å². The van der Waals surface area contributed by atoms with Crippen LogP contribution in [0.4, 0.5) is 10.5 Å². The number of aromatic nitrogens is 2. The van der Waals surface area contributed by atoms with Gasteiger partial charge in [0.2, 0.25) is 11.8 Å². The van der Waals surface area contributed by atoms with Crippen molar-refractivity contribution in [3.63, 3.8) is 0 Å². The maximum absolute atomic E-state index is 12.5. The first-order chi connectivity index (χ1) is 19.5. The summed E-state index contributed by atoms with van der Waals surface area (Å²) < 4.78 is 7.43. The molecule has 1 unspecified atom stereocenters. The van der Waals surface area contributed by atoms with Crippen molar-refractivity contribution in [2.75, 3.05) is 50.7 Å². The van der Waals surface area contributed by atoms with Gasteiger partial charge in [-0.3, -0.25) is 19.6 Å². The third-order valence-electron chi connectivity index (χ3n) is 9.52. The van der Waals surface area contributed by atoms with Crippen LogP contribution in [0.1, 0.15) is 70.9 Å². The second-order valence-corrected chi connectivity index (χ2v) is 13.8. The van der Waals surface area contributed by atoms with E-state index in [4.69, 9.17) is 9.84 Å². The highest BCUT2D eigenvalue weighted by molar-refractivity contribution is 6.02. The smallest absolute Gasteiger partial charge is 0.410 e. The Morgan fingerprint density at radius 2 is 1.78 bits per heavy atom. The van der Waals surface area contributed by atoms with Gasteiger partial charge in [-0.25, -0.2) is 4.79 Å². The lowest BCUT2D eigenvalue weighted by molar-refractivity contribution is -0.134. The van der Waals surface area contributed by atoms with Crippen molar-refractivity contribution >= 4 is 34.5 Å². The summed E-state index contributed by atoms with van der Waals surface area (Å²) in [6.45, 7) is 12.9. The number of ether oxygens (including phenoxy) is 1. The fourth-order valence-corrected chi connectivity index (χ4v) is 7.26. The molecule has 1 aromatic heterocycles. The number of nitrogens with one attached hydrogen (secondary N) is 1. The van der Waals surface area contributed by atoms with E-state index in [-0.39, 0.29) is 23.8 Å². The molecule has 4 saturated heterocycles. The zero-order chi connectivity index (χ0) is 28.9. The standard InChI is InChI=1S/C31H44N6O4/c1-30(2,3)41-29(40)37-15-11-31(12-16-37)19-35(20-31)18-21-9-13-36(14-10-21)22-5-6-23-25(17-22)34(4)33-27(23)24-7-8-26(38)32-28(24)39/h5-6,17,21,24H,7-16,18-20H2,1-4H3,(H,32,38,39). The molecule has 4 aliphatic rings. The summed E-state index contributed by atoms with van der Waals surface area (Å²) in [7, 11) is 1.93. The molecule has 4 aliphatic heterocycles. The number of carbonyl (C=O) groups excluding carboxylic acids is 3. The first kappa shape index (κ1) is 28.0. The summed E-state index contributed by atoms with van der Waals surface area (Å²) in [6, 6.07) is 6.44. The summed E-state index contributed by atoms with van der Waals surface area (Å²) in [5.41, 5.74) is 2.92. The van der Waals surface area contributed by atoms with E-state index in [1.807, 2.05) is 37.4 Å². The predicted octanol–water partition coefficient (Wildman–Crippen LogP) is 3.64. The number of piperidine rings is 3. The van der Waals surface area contributed by atoms with Crippen molar-refractivity contribution in [1.82, 2.24) is 24.9 Å². The zero-order valence-corrected chi connectivity index (χ0v) is 24.9. The topological polar surface area (TPSA) is 100 Å². The normalized spacial score (nSPS) is 24.0. The van der Waals surface area contributed by atoms with Gasteiger partial charge in [-0.1, -0.05) is 0 Å². The van der Waals surface area contributed by atoms with Crippen LogP contribution in [0.15, 0.2) is 18.2 Å². The molecule has 10 heteroatoms. The van der Waals surface area contributed by atoms with Crippen LogP contribution >= 0.6 is 0 Å². The van der Waals surface area contributed by atoms with Crippen molar-refractivity contribution in [3.05, 3.63) is 23.9 Å². The minimum absolute atomic E-state index is 0.174. The molecule has 4 fully saturated rings. The fourth-order valence-electron chi connectivity index (χ4n) is 7.26. The lowest BCUT2D eigenvalue weighted by Gasteiger charge is -2.55. The second-order valence-electron chi connectivity index (χ2n) is 13.8. The van der Waals surface area contributed by atoms with Crippen molar-refractivity contribution in [1.29, 1.82) is 0 Å². The molecule has 1 atom stereocenters. The van der Waals surface area contributed by atoms with Crippen LogP contribution in [0, 0.1) is 11.3 Å². The highest BCUT2D eigenvalue weighted by atomic mass is 16.6. The summed E-state index contributed by atoms with van der Waals surface area (Å²) in [4.78, 5) is 43.5. The van der Waals surface area contributed by atoms with E-state index < -0.39 is 5.60 Å². The Morgan fingerprint density at radius 3 is 2.44 bits per heavy atom. The number of nitrogens with zero attached hydrogens (tertiary/aromatic N) is 5. The van der Waals surface area contributed by atoms with Crippen LogP contribution in [0.2, 0.25) is 0 Å². The summed E-state index contributed by atoms with van der Waals surface area (Å²) in [5.74, 6) is -0.112. The van der Waals surface area contributed by atoms with E-state index in [9.17, 15) is 14.4 Å². The van der Waals surface area contributed by atoms with Crippen LogP contribution in [-0.2, 0) is 21.4 Å². The van der Waals surface area contributed by atoms with Gasteiger partial charge in [0, 0.05) is 70.4 Å². The van der Waals surface area contributed by atoms with Crippen LogP contribution in [0.5, 0.6) is 0 Å². The fraction of sp³-hybridized carbons (Fsp3) is 0.677. The quantitative estimate of drug-likeness (QED) is 0.566. The van der Waals surface area contributed by atoms with Gasteiger partial charge in [-0.05, 0) is 82.4 Å². The number of carbonyl (C=O) groups is 3. The van der Waals surface area contributed by atoms with Gasteiger partial charge in [0.15, 0.2) is 0 Å². The number of anilines is 1. The first-order valence-corrected chi connectivity index (χ1v) is 15.2. The molecule has 0 aliphatic carbocycles. The first-order valence-electron chi connectivity index (χ1n) is 15.2. The van der Waals surface area contributed by atoms with Gasteiger partial charge < -0.3 is 19.4 Å². The number of rotatable bonds is 4. The van der Waals surface area contributed by atoms with Gasteiger partial charge in [0.1, 0.15) is 5.60 Å². The molecule has 1 aromatic carbocycles. The number of imide groups is 1. The van der Waals surface area contributed by atoms with Gasteiger partial charge >= 0.3 is 6.09 Å². The Kier molecular flexibility index (Phi) is 7.24. The minimum atomic E-state index is -0.443. The van der Waals surface area contributed by atoms with Gasteiger partial charge in [-0.2, -0.15) is 5.10 Å². The largest absolute Gasteiger partial charge is 0.444 e. The predicted molar refractivity (Wildman–Crippen MR) is 157 cm³/mol. The second kappa shape index (κ2) is 10.6. The molecule has 0 saturated carbocycles. The number of amides is 3. The Morgan fingerprint density at radius 1 is 1.07 bits per heavy atom. The number of aryl methyl sites for hydroxylation is 1. The van der Waals surface area contributed by atoms with Crippen LogP contribution in [0.3, 0.4) is 0 Å². The number of hydrogen-bond acceptors (Lipinski definition) is 7. The Balaban J connectivity index is 0.986. The van der Waals surface area contributed by atoms with Gasteiger partial charge in [0.05, 0.1) is 17.1 Å². The average molecular weight is 565 g/mol. The molecule has 3 amide bonds. The van der Waals surface area contributed by atoms with E-state index in [1.165, 1.54) is 25.1 Å². The number of hydrogen-bond donors (Lipinski definition) is 1. The van der Waals surface area contributed by atoms with Crippen LogP contribution < -0.4 is 10.2 Å². The average Bonchev–Trinajstić information content (AvgIpc) is 3.23. The number of likely N-dealkylation sites (tertiary alicyclic amines) is 2. The number of benzene rings is 1. The van der Waals surface area contributed by atoms with Crippen LogP contribution in [0.25, 0.3) is 10.9 Å². The van der Waals surface area contributed by atoms with E-state index in [1.54, 1.807) is 0 Å². The van der Waals surface area contributed by atoms with Gasteiger partial charge in [0.25, 0.3) is 0 Å².